The van der Waals surface area contributed by atoms with Crippen LogP contribution in [0.5, 0.6) is 0 Å². The Labute approximate surface area is 163 Å². The Kier molecular flexibility index (Phi) is 6.49. The lowest BCUT2D eigenvalue weighted by Crippen LogP contribution is -2.40. The van der Waals surface area contributed by atoms with Crippen molar-refractivity contribution in [3.8, 4) is 0 Å². The Bertz CT molecular complexity index is 896. The minimum atomic E-state index is -3.80. The Morgan fingerprint density at radius 2 is 1.81 bits per heavy atom. The molecular weight excluding hydrogens is 390 g/mol. The first-order valence-electron chi connectivity index (χ1n) is 8.57. The van der Waals surface area contributed by atoms with Gasteiger partial charge in [0.2, 0.25) is 10.0 Å². The van der Waals surface area contributed by atoms with Crippen molar-refractivity contribution in [1.82, 2.24) is 4.31 Å². The highest BCUT2D eigenvalue weighted by Gasteiger charge is 2.29. The number of rotatable bonds is 6. The van der Waals surface area contributed by atoms with Crippen LogP contribution in [0, 0.1) is 0 Å². The number of hydrogen-bond acceptors (Lipinski definition) is 5. The van der Waals surface area contributed by atoms with Crippen molar-refractivity contribution in [3.05, 3.63) is 64.7 Å². The summed E-state index contributed by atoms with van der Waals surface area (Å²) in [6.07, 6.45) is 0.582. The first-order valence-corrected chi connectivity index (χ1v) is 10.4. The van der Waals surface area contributed by atoms with Crippen molar-refractivity contribution in [3.63, 3.8) is 0 Å². The second kappa shape index (κ2) is 8.84. The van der Waals surface area contributed by atoms with Crippen molar-refractivity contribution in [2.24, 2.45) is 0 Å². The van der Waals surface area contributed by atoms with Gasteiger partial charge in [-0.1, -0.05) is 41.9 Å². The molecule has 2 aromatic rings. The standard InChI is InChI=1S/C19H20ClNO5S/c20-17-7-6-16(19(22)26-11-8-15-4-2-1-3-5-15)14-18(17)27(23,24)21-9-12-25-13-10-21/h1-7,14H,8-13H2. The zero-order valence-corrected chi connectivity index (χ0v) is 16.2. The third kappa shape index (κ3) is 4.87. The molecule has 27 heavy (non-hydrogen) atoms. The van der Waals surface area contributed by atoms with Crippen LogP contribution in [0.2, 0.25) is 5.02 Å². The molecule has 1 heterocycles. The molecule has 1 saturated heterocycles. The first kappa shape index (κ1) is 19.8. The van der Waals surface area contributed by atoms with Crippen molar-refractivity contribution in [1.29, 1.82) is 0 Å². The molecule has 0 saturated carbocycles. The monoisotopic (exact) mass is 409 g/mol. The molecule has 1 aliphatic heterocycles. The van der Waals surface area contributed by atoms with E-state index in [1.165, 1.54) is 22.5 Å². The first-order chi connectivity index (χ1) is 13.0. The maximum atomic E-state index is 12.8. The fraction of sp³-hybridized carbons (Fsp3) is 0.316. The fourth-order valence-electron chi connectivity index (χ4n) is 2.74. The molecule has 1 fully saturated rings. The highest BCUT2D eigenvalue weighted by atomic mass is 35.5. The number of ether oxygens (including phenoxy) is 2. The van der Waals surface area contributed by atoms with E-state index in [4.69, 9.17) is 21.1 Å². The normalized spacial score (nSPS) is 15.4. The molecule has 3 rings (SSSR count). The summed E-state index contributed by atoms with van der Waals surface area (Å²) in [4.78, 5) is 12.2. The highest BCUT2D eigenvalue weighted by Crippen LogP contribution is 2.26. The summed E-state index contributed by atoms with van der Waals surface area (Å²) >= 11 is 6.10. The zero-order valence-electron chi connectivity index (χ0n) is 14.6. The van der Waals surface area contributed by atoms with Gasteiger partial charge in [0.05, 0.1) is 30.4 Å². The maximum absolute atomic E-state index is 12.8. The summed E-state index contributed by atoms with van der Waals surface area (Å²) in [6.45, 7) is 1.38. The third-order valence-corrected chi connectivity index (χ3v) is 6.60. The minimum Gasteiger partial charge on any atom is -0.462 e. The van der Waals surface area contributed by atoms with Gasteiger partial charge in [0.25, 0.3) is 0 Å². The molecule has 0 radical (unpaired) electrons. The Morgan fingerprint density at radius 3 is 2.52 bits per heavy atom. The van der Waals surface area contributed by atoms with E-state index in [1.54, 1.807) is 0 Å². The third-order valence-electron chi connectivity index (χ3n) is 4.22. The van der Waals surface area contributed by atoms with Crippen molar-refractivity contribution in [2.45, 2.75) is 11.3 Å². The van der Waals surface area contributed by atoms with Crippen molar-refractivity contribution >= 4 is 27.6 Å². The van der Waals surface area contributed by atoms with Gasteiger partial charge in [-0.15, -0.1) is 0 Å². The highest BCUT2D eigenvalue weighted by molar-refractivity contribution is 7.89. The summed E-state index contributed by atoms with van der Waals surface area (Å²) in [5, 5.41) is 0.0716. The Morgan fingerprint density at radius 1 is 1.11 bits per heavy atom. The molecular formula is C19H20ClNO5S. The Balaban J connectivity index is 1.71. The number of hydrogen-bond donors (Lipinski definition) is 0. The molecule has 0 spiro atoms. The summed E-state index contributed by atoms with van der Waals surface area (Å²) in [5.74, 6) is -0.582. The second-order valence-electron chi connectivity index (χ2n) is 6.03. The predicted molar refractivity (Wildman–Crippen MR) is 101 cm³/mol. The number of sulfonamides is 1. The molecule has 0 bridgehead atoms. The Hall–Kier alpha value is -1.93. The summed E-state index contributed by atoms with van der Waals surface area (Å²) < 4.78 is 37.4. The van der Waals surface area contributed by atoms with Gasteiger partial charge < -0.3 is 9.47 Å². The van der Waals surface area contributed by atoms with Gasteiger partial charge in [-0.25, -0.2) is 13.2 Å². The number of esters is 1. The van der Waals surface area contributed by atoms with Crippen LogP contribution >= 0.6 is 11.6 Å². The zero-order chi connectivity index (χ0) is 19.3. The lowest BCUT2D eigenvalue weighted by Gasteiger charge is -2.26. The average molecular weight is 410 g/mol. The van der Waals surface area contributed by atoms with E-state index in [0.717, 1.165) is 5.56 Å². The number of carbonyl (C=O) groups is 1. The topological polar surface area (TPSA) is 72.9 Å². The average Bonchev–Trinajstić information content (AvgIpc) is 2.69. The van der Waals surface area contributed by atoms with Gasteiger partial charge in [0.1, 0.15) is 4.90 Å². The van der Waals surface area contributed by atoms with Crippen LogP contribution in [0.4, 0.5) is 0 Å². The van der Waals surface area contributed by atoms with Crippen LogP contribution in [0.1, 0.15) is 15.9 Å². The number of benzene rings is 2. The molecule has 144 valence electrons. The van der Waals surface area contributed by atoms with Crippen LogP contribution in [0.15, 0.2) is 53.4 Å². The second-order valence-corrected chi connectivity index (χ2v) is 8.35. The van der Waals surface area contributed by atoms with Crippen molar-refractivity contribution < 1.29 is 22.7 Å². The number of morpholine rings is 1. The van der Waals surface area contributed by atoms with E-state index in [9.17, 15) is 13.2 Å². The van der Waals surface area contributed by atoms with Gasteiger partial charge in [-0.2, -0.15) is 4.31 Å². The SMILES string of the molecule is O=C(OCCc1ccccc1)c1ccc(Cl)c(S(=O)(=O)N2CCOCC2)c1. The molecule has 1 aliphatic rings. The van der Waals surface area contributed by atoms with Gasteiger partial charge in [-0.3, -0.25) is 0 Å². The molecule has 6 nitrogen and oxygen atoms in total. The van der Waals surface area contributed by atoms with Crippen LogP contribution in [0.3, 0.4) is 0 Å². The fourth-order valence-corrected chi connectivity index (χ4v) is 4.65. The van der Waals surface area contributed by atoms with E-state index >= 15 is 0 Å². The van der Waals surface area contributed by atoms with E-state index in [2.05, 4.69) is 0 Å². The summed E-state index contributed by atoms with van der Waals surface area (Å²) in [7, 11) is -3.80. The number of nitrogens with zero attached hydrogens (tertiary/aromatic N) is 1. The molecule has 0 N–H and O–H groups in total. The van der Waals surface area contributed by atoms with E-state index < -0.39 is 16.0 Å². The molecule has 0 atom stereocenters. The van der Waals surface area contributed by atoms with Crippen LogP contribution in [-0.2, 0) is 25.9 Å². The quantitative estimate of drug-likeness (QED) is 0.686. The predicted octanol–water partition coefficient (Wildman–Crippen LogP) is 2.76. The molecule has 0 aromatic heterocycles. The van der Waals surface area contributed by atoms with Gasteiger partial charge in [-0.05, 0) is 23.8 Å². The van der Waals surface area contributed by atoms with E-state index in [0.29, 0.717) is 19.6 Å². The van der Waals surface area contributed by atoms with Crippen LogP contribution < -0.4 is 0 Å². The van der Waals surface area contributed by atoms with E-state index in [-0.39, 0.29) is 35.2 Å². The molecule has 0 aliphatic carbocycles. The molecule has 0 amide bonds. The summed E-state index contributed by atoms with van der Waals surface area (Å²) in [5.41, 5.74) is 1.20. The maximum Gasteiger partial charge on any atom is 0.338 e. The number of halogens is 1. The number of carbonyl (C=O) groups excluding carboxylic acids is 1. The van der Waals surface area contributed by atoms with Gasteiger partial charge >= 0.3 is 5.97 Å². The summed E-state index contributed by atoms with van der Waals surface area (Å²) in [6, 6.07) is 13.8. The lowest BCUT2D eigenvalue weighted by atomic mass is 10.2. The van der Waals surface area contributed by atoms with Gasteiger partial charge in [0, 0.05) is 19.5 Å². The molecule has 0 unspecified atom stereocenters. The largest absolute Gasteiger partial charge is 0.462 e. The van der Waals surface area contributed by atoms with Crippen LogP contribution in [-0.4, -0.2) is 51.6 Å². The molecule has 2 aromatic carbocycles. The van der Waals surface area contributed by atoms with Crippen LogP contribution in [0.25, 0.3) is 0 Å². The smallest absolute Gasteiger partial charge is 0.338 e. The molecule has 8 heteroatoms. The van der Waals surface area contributed by atoms with Crippen molar-refractivity contribution in [2.75, 3.05) is 32.9 Å². The minimum absolute atomic E-state index is 0.0716. The van der Waals surface area contributed by atoms with Gasteiger partial charge in [0.15, 0.2) is 0 Å². The van der Waals surface area contributed by atoms with E-state index in [1.807, 2.05) is 30.3 Å². The lowest BCUT2D eigenvalue weighted by molar-refractivity contribution is 0.0509.